The van der Waals surface area contributed by atoms with Gasteiger partial charge in [-0.15, -0.1) is 0 Å². The normalized spacial score (nSPS) is 12.6. The van der Waals surface area contributed by atoms with Crippen molar-refractivity contribution in [1.29, 1.82) is 0 Å². The van der Waals surface area contributed by atoms with E-state index in [1.54, 1.807) is 25.1 Å². The van der Waals surface area contributed by atoms with Crippen LogP contribution in [0.2, 0.25) is 0 Å². The predicted molar refractivity (Wildman–Crippen MR) is 74.1 cm³/mol. The van der Waals surface area contributed by atoms with Gasteiger partial charge in [0.15, 0.2) is 0 Å². The molecule has 0 saturated heterocycles. The minimum absolute atomic E-state index is 0.349. The van der Waals surface area contributed by atoms with Crippen molar-refractivity contribution in [2.45, 2.75) is 19.4 Å². The number of halogens is 2. The Morgan fingerprint density at radius 1 is 1.50 bits per heavy atom. The van der Waals surface area contributed by atoms with Crippen LogP contribution < -0.4 is 15.8 Å². The van der Waals surface area contributed by atoms with Crippen molar-refractivity contribution >= 4 is 17.3 Å². The number of ether oxygens (including phenoxy) is 1. The number of rotatable bonds is 6. The van der Waals surface area contributed by atoms with Crippen molar-refractivity contribution in [3.8, 4) is 5.75 Å². The summed E-state index contributed by atoms with van der Waals surface area (Å²) in [6.45, 7) is 1.09. The summed E-state index contributed by atoms with van der Waals surface area (Å²) in [5, 5.41) is 2.61. The van der Waals surface area contributed by atoms with Gasteiger partial charge in [0.1, 0.15) is 5.75 Å². The maximum absolute atomic E-state index is 12.3. The molecule has 3 N–H and O–H groups in total. The van der Waals surface area contributed by atoms with Gasteiger partial charge in [0.25, 0.3) is 6.43 Å². The summed E-state index contributed by atoms with van der Waals surface area (Å²) in [7, 11) is 2.97. The summed E-state index contributed by atoms with van der Waals surface area (Å²) in [5.41, 5.74) is 6.55. The lowest BCUT2D eigenvalue weighted by molar-refractivity contribution is -0.120. The first kappa shape index (κ1) is 16.2. The van der Waals surface area contributed by atoms with Gasteiger partial charge in [-0.1, -0.05) is 0 Å². The molecule has 1 unspecified atom stereocenters. The van der Waals surface area contributed by atoms with E-state index in [1.807, 2.05) is 0 Å². The number of nitrogens with zero attached hydrogens (tertiary/aromatic N) is 1. The first-order chi connectivity index (χ1) is 9.35. The highest BCUT2D eigenvalue weighted by atomic mass is 19.3. The molecule has 0 aromatic heterocycles. The first-order valence-electron chi connectivity index (χ1n) is 6.08. The molecule has 5 nitrogen and oxygen atoms in total. The fraction of sp³-hybridized carbons (Fsp3) is 0.462. The number of hydrogen-bond acceptors (Lipinski definition) is 4. The third-order valence-electron chi connectivity index (χ3n) is 2.98. The number of nitrogen functional groups attached to an aromatic ring is 1. The van der Waals surface area contributed by atoms with Crippen LogP contribution in [0.1, 0.15) is 6.92 Å². The van der Waals surface area contributed by atoms with E-state index in [2.05, 4.69) is 5.32 Å². The fourth-order valence-corrected chi connectivity index (χ4v) is 1.59. The van der Waals surface area contributed by atoms with Crippen LogP contribution in [-0.2, 0) is 4.79 Å². The van der Waals surface area contributed by atoms with Gasteiger partial charge in [-0.05, 0) is 26.1 Å². The number of alkyl halides is 2. The van der Waals surface area contributed by atoms with Crippen molar-refractivity contribution in [1.82, 2.24) is 4.90 Å². The Balaban J connectivity index is 2.70. The molecule has 112 valence electrons. The van der Waals surface area contributed by atoms with Crippen LogP contribution in [0, 0.1) is 0 Å². The van der Waals surface area contributed by atoms with Crippen LogP contribution in [0.5, 0.6) is 5.75 Å². The van der Waals surface area contributed by atoms with E-state index in [1.165, 1.54) is 19.1 Å². The molecule has 20 heavy (non-hydrogen) atoms. The van der Waals surface area contributed by atoms with Gasteiger partial charge < -0.3 is 15.8 Å². The highest BCUT2D eigenvalue weighted by Gasteiger charge is 2.21. The summed E-state index contributed by atoms with van der Waals surface area (Å²) >= 11 is 0. The van der Waals surface area contributed by atoms with Crippen molar-refractivity contribution in [3.05, 3.63) is 18.2 Å². The second-order valence-corrected chi connectivity index (χ2v) is 4.45. The number of likely N-dealkylation sites (N-methyl/N-ethyl adjacent to an activating group) is 1. The summed E-state index contributed by atoms with van der Waals surface area (Å²) in [6.07, 6.45) is -2.48. The zero-order valence-electron chi connectivity index (χ0n) is 11.7. The van der Waals surface area contributed by atoms with Crippen LogP contribution in [0.15, 0.2) is 18.2 Å². The number of carbonyl (C=O) groups is 1. The molecular formula is C13H19F2N3O2. The Morgan fingerprint density at radius 2 is 2.15 bits per heavy atom. The van der Waals surface area contributed by atoms with E-state index < -0.39 is 24.9 Å². The molecule has 0 aliphatic heterocycles. The number of nitrogens with one attached hydrogen (secondary N) is 1. The van der Waals surface area contributed by atoms with Crippen molar-refractivity contribution < 1.29 is 18.3 Å². The maximum Gasteiger partial charge on any atom is 0.251 e. The highest BCUT2D eigenvalue weighted by Crippen LogP contribution is 2.24. The Morgan fingerprint density at radius 3 is 2.65 bits per heavy atom. The minimum Gasteiger partial charge on any atom is -0.497 e. The molecule has 1 rings (SSSR count). The molecule has 0 aliphatic rings. The number of hydrogen-bond donors (Lipinski definition) is 2. The molecule has 0 fully saturated rings. The lowest BCUT2D eigenvalue weighted by Gasteiger charge is -2.23. The van der Waals surface area contributed by atoms with Gasteiger partial charge in [-0.2, -0.15) is 0 Å². The first-order valence-corrected chi connectivity index (χ1v) is 6.08. The largest absolute Gasteiger partial charge is 0.497 e. The van der Waals surface area contributed by atoms with Gasteiger partial charge in [0, 0.05) is 6.07 Å². The molecule has 7 heteroatoms. The van der Waals surface area contributed by atoms with E-state index in [4.69, 9.17) is 10.5 Å². The SMILES string of the molecule is COc1ccc(NC(=O)C(C)N(C)CC(F)F)c(N)c1. The van der Waals surface area contributed by atoms with Gasteiger partial charge >= 0.3 is 0 Å². The molecular weight excluding hydrogens is 268 g/mol. The molecule has 0 bridgehead atoms. The van der Waals surface area contributed by atoms with E-state index in [0.29, 0.717) is 17.1 Å². The zero-order chi connectivity index (χ0) is 15.3. The summed E-state index contributed by atoms with van der Waals surface area (Å²) in [6, 6.07) is 4.14. The van der Waals surface area contributed by atoms with Crippen LogP contribution in [0.25, 0.3) is 0 Å². The average Bonchev–Trinajstić information content (AvgIpc) is 2.39. The molecule has 0 radical (unpaired) electrons. The van der Waals surface area contributed by atoms with Crippen LogP contribution in [0.3, 0.4) is 0 Å². The number of amides is 1. The lowest BCUT2D eigenvalue weighted by atomic mass is 10.2. The third-order valence-corrected chi connectivity index (χ3v) is 2.98. The highest BCUT2D eigenvalue weighted by molar-refractivity contribution is 5.97. The number of carbonyl (C=O) groups excluding carboxylic acids is 1. The topological polar surface area (TPSA) is 67.6 Å². The predicted octanol–water partition coefficient (Wildman–Crippen LogP) is 1.80. The minimum atomic E-state index is -2.48. The molecule has 0 heterocycles. The second-order valence-electron chi connectivity index (χ2n) is 4.45. The Hall–Kier alpha value is -1.89. The van der Waals surface area contributed by atoms with Crippen molar-refractivity contribution in [2.24, 2.45) is 0 Å². The Kier molecular flexibility index (Phi) is 5.69. The number of methoxy groups -OCH3 is 1. The van der Waals surface area contributed by atoms with Gasteiger partial charge in [0.2, 0.25) is 5.91 Å². The summed E-state index contributed by atoms with van der Waals surface area (Å²) in [5.74, 6) is 0.174. The number of nitrogens with two attached hydrogens (primary N) is 1. The molecule has 0 spiro atoms. The van der Waals surface area contributed by atoms with Gasteiger partial charge in [0.05, 0.1) is 31.1 Å². The lowest BCUT2D eigenvalue weighted by Crippen LogP contribution is -2.41. The fourth-order valence-electron chi connectivity index (χ4n) is 1.59. The maximum atomic E-state index is 12.3. The quantitative estimate of drug-likeness (QED) is 0.783. The Bertz CT molecular complexity index is 469. The van der Waals surface area contributed by atoms with E-state index in [9.17, 15) is 13.6 Å². The summed E-state index contributed by atoms with van der Waals surface area (Å²) in [4.78, 5) is 13.2. The molecule has 0 saturated carbocycles. The molecule has 1 amide bonds. The summed E-state index contributed by atoms with van der Waals surface area (Å²) < 4.78 is 29.6. The van der Waals surface area contributed by atoms with Gasteiger partial charge in [-0.25, -0.2) is 8.78 Å². The van der Waals surface area contributed by atoms with Crippen molar-refractivity contribution in [2.75, 3.05) is 31.8 Å². The van der Waals surface area contributed by atoms with E-state index in [0.717, 1.165) is 0 Å². The van der Waals surface area contributed by atoms with E-state index in [-0.39, 0.29) is 0 Å². The molecule has 0 aliphatic carbocycles. The smallest absolute Gasteiger partial charge is 0.251 e. The third kappa shape index (κ3) is 4.34. The van der Waals surface area contributed by atoms with Gasteiger partial charge in [-0.3, -0.25) is 9.69 Å². The second kappa shape index (κ2) is 7.04. The molecule has 1 aromatic rings. The number of benzene rings is 1. The Labute approximate surface area is 116 Å². The van der Waals surface area contributed by atoms with Crippen LogP contribution in [0.4, 0.5) is 20.2 Å². The zero-order valence-corrected chi connectivity index (χ0v) is 11.7. The molecule has 1 atom stereocenters. The van der Waals surface area contributed by atoms with Crippen LogP contribution in [-0.4, -0.2) is 44.0 Å². The van der Waals surface area contributed by atoms with Crippen molar-refractivity contribution in [3.63, 3.8) is 0 Å². The standard InChI is InChI=1S/C13H19F2N3O2/c1-8(18(2)7-12(14)15)13(19)17-11-5-4-9(20-3)6-10(11)16/h4-6,8,12H,7,16H2,1-3H3,(H,17,19). The molecule has 1 aromatic carbocycles. The van der Waals surface area contributed by atoms with Crippen LogP contribution >= 0.6 is 0 Å². The van der Waals surface area contributed by atoms with E-state index >= 15 is 0 Å². The number of anilines is 2. The average molecular weight is 287 g/mol. The monoisotopic (exact) mass is 287 g/mol.